The van der Waals surface area contributed by atoms with Crippen molar-refractivity contribution in [3.05, 3.63) is 64.8 Å². The standard InChI is InChI=1S/C22H25ClN2O2/c1-15-2-4-16(5-3-15)20-14-21(22(27)12-10-19(26)11-13-22)24-25(20)18-8-6-17(23)7-9-18/h2-8,14,18-19,26-27H,9-13H2,1H3. The highest BCUT2D eigenvalue weighted by atomic mass is 35.5. The average molecular weight is 385 g/mol. The summed E-state index contributed by atoms with van der Waals surface area (Å²) in [5, 5.41) is 26.6. The molecule has 5 heteroatoms. The van der Waals surface area contributed by atoms with Crippen molar-refractivity contribution in [2.75, 3.05) is 0 Å². The summed E-state index contributed by atoms with van der Waals surface area (Å²) in [5.74, 6) is 0. The van der Waals surface area contributed by atoms with Crippen LogP contribution >= 0.6 is 11.6 Å². The van der Waals surface area contributed by atoms with Crippen LogP contribution in [0.15, 0.2) is 53.6 Å². The number of aromatic nitrogens is 2. The minimum atomic E-state index is -0.976. The molecule has 1 aromatic heterocycles. The van der Waals surface area contributed by atoms with Crippen LogP contribution in [0.2, 0.25) is 0 Å². The molecule has 2 N–H and O–H groups in total. The maximum atomic E-state index is 11.2. The van der Waals surface area contributed by atoms with Gasteiger partial charge in [0.15, 0.2) is 0 Å². The van der Waals surface area contributed by atoms with Crippen LogP contribution in [-0.2, 0) is 5.60 Å². The zero-order chi connectivity index (χ0) is 19.0. The Bertz CT molecular complexity index is 874. The predicted molar refractivity (Wildman–Crippen MR) is 108 cm³/mol. The summed E-state index contributed by atoms with van der Waals surface area (Å²) >= 11 is 6.09. The second-order valence-electron chi connectivity index (χ2n) is 7.74. The lowest BCUT2D eigenvalue weighted by Crippen LogP contribution is -2.33. The first-order chi connectivity index (χ1) is 12.9. The molecule has 0 aliphatic heterocycles. The van der Waals surface area contributed by atoms with E-state index < -0.39 is 5.60 Å². The van der Waals surface area contributed by atoms with E-state index in [0.717, 1.165) is 22.7 Å². The Kier molecular flexibility index (Phi) is 4.97. The molecule has 4 nitrogen and oxygen atoms in total. The quantitative estimate of drug-likeness (QED) is 0.812. The van der Waals surface area contributed by atoms with Gasteiger partial charge in [-0.15, -0.1) is 0 Å². The molecule has 1 aromatic carbocycles. The molecule has 2 aromatic rings. The molecule has 0 spiro atoms. The molecule has 1 fully saturated rings. The summed E-state index contributed by atoms with van der Waals surface area (Å²) in [5.41, 5.74) is 2.99. The maximum absolute atomic E-state index is 11.2. The zero-order valence-corrected chi connectivity index (χ0v) is 16.2. The van der Waals surface area contributed by atoms with Crippen molar-refractivity contribution in [1.82, 2.24) is 9.78 Å². The van der Waals surface area contributed by atoms with Gasteiger partial charge >= 0.3 is 0 Å². The van der Waals surface area contributed by atoms with Gasteiger partial charge in [-0.05, 0) is 56.7 Å². The van der Waals surface area contributed by atoms with E-state index in [1.807, 2.05) is 22.9 Å². The van der Waals surface area contributed by atoms with Crippen molar-refractivity contribution in [3.63, 3.8) is 0 Å². The number of rotatable bonds is 3. The van der Waals surface area contributed by atoms with Gasteiger partial charge in [-0.2, -0.15) is 5.10 Å². The molecular formula is C22H25ClN2O2. The minimum Gasteiger partial charge on any atom is -0.393 e. The second-order valence-corrected chi connectivity index (χ2v) is 8.18. The summed E-state index contributed by atoms with van der Waals surface area (Å²) in [6.07, 6.45) is 8.68. The topological polar surface area (TPSA) is 58.3 Å². The Morgan fingerprint density at radius 3 is 2.52 bits per heavy atom. The molecule has 1 heterocycles. The number of aliphatic hydroxyl groups is 2. The van der Waals surface area contributed by atoms with Crippen LogP contribution < -0.4 is 0 Å². The SMILES string of the molecule is Cc1ccc(-c2cc(C3(O)CCC(O)CC3)nn2C2C=CC(Cl)=CC2)cc1. The van der Waals surface area contributed by atoms with Crippen LogP contribution in [0.5, 0.6) is 0 Å². The average Bonchev–Trinajstić information content (AvgIpc) is 3.12. The fourth-order valence-corrected chi connectivity index (χ4v) is 4.08. The van der Waals surface area contributed by atoms with Gasteiger partial charge in [0.2, 0.25) is 0 Å². The van der Waals surface area contributed by atoms with Gasteiger partial charge in [0.05, 0.1) is 23.5 Å². The van der Waals surface area contributed by atoms with E-state index in [1.165, 1.54) is 5.56 Å². The van der Waals surface area contributed by atoms with Gasteiger partial charge in [0.25, 0.3) is 0 Å². The van der Waals surface area contributed by atoms with Crippen molar-refractivity contribution < 1.29 is 10.2 Å². The van der Waals surface area contributed by atoms with Crippen molar-refractivity contribution in [1.29, 1.82) is 0 Å². The van der Waals surface area contributed by atoms with Gasteiger partial charge in [0, 0.05) is 5.03 Å². The highest BCUT2D eigenvalue weighted by molar-refractivity contribution is 6.31. The summed E-state index contributed by atoms with van der Waals surface area (Å²) in [7, 11) is 0. The van der Waals surface area contributed by atoms with Crippen LogP contribution in [0.3, 0.4) is 0 Å². The third-order valence-electron chi connectivity index (χ3n) is 5.69. The fourth-order valence-electron chi connectivity index (χ4n) is 3.92. The molecule has 0 saturated heterocycles. The Morgan fingerprint density at radius 1 is 1.19 bits per heavy atom. The molecular weight excluding hydrogens is 360 g/mol. The van der Waals surface area contributed by atoms with Gasteiger partial charge in [-0.25, -0.2) is 0 Å². The van der Waals surface area contributed by atoms with E-state index >= 15 is 0 Å². The van der Waals surface area contributed by atoms with Crippen molar-refractivity contribution in [3.8, 4) is 11.3 Å². The Labute approximate surface area is 164 Å². The first kappa shape index (κ1) is 18.5. The van der Waals surface area contributed by atoms with Crippen LogP contribution in [0.25, 0.3) is 11.3 Å². The Balaban J connectivity index is 1.75. The van der Waals surface area contributed by atoms with E-state index in [2.05, 4.69) is 37.3 Å². The molecule has 1 unspecified atom stereocenters. The van der Waals surface area contributed by atoms with Gasteiger partial charge in [0.1, 0.15) is 5.60 Å². The van der Waals surface area contributed by atoms with Crippen molar-refractivity contribution in [2.24, 2.45) is 0 Å². The van der Waals surface area contributed by atoms with Crippen molar-refractivity contribution >= 4 is 11.6 Å². The summed E-state index contributed by atoms with van der Waals surface area (Å²) < 4.78 is 2.00. The summed E-state index contributed by atoms with van der Waals surface area (Å²) in [6, 6.07) is 10.4. The lowest BCUT2D eigenvalue weighted by Gasteiger charge is -2.32. The Hall–Kier alpha value is -1.88. The number of benzene rings is 1. The van der Waals surface area contributed by atoms with Crippen LogP contribution in [0, 0.1) is 6.92 Å². The third kappa shape index (κ3) is 3.75. The minimum absolute atomic E-state index is 0.0651. The smallest absolute Gasteiger partial charge is 0.109 e. The molecule has 0 bridgehead atoms. The number of nitrogens with zero attached hydrogens (tertiary/aromatic N) is 2. The van der Waals surface area contributed by atoms with Crippen LogP contribution in [0.4, 0.5) is 0 Å². The fraction of sp³-hybridized carbons (Fsp3) is 0.409. The molecule has 2 aliphatic carbocycles. The van der Waals surface area contributed by atoms with Gasteiger partial charge in [-0.3, -0.25) is 4.68 Å². The normalized spacial score (nSPS) is 28.2. The molecule has 142 valence electrons. The highest BCUT2D eigenvalue weighted by Gasteiger charge is 2.37. The first-order valence-corrected chi connectivity index (χ1v) is 9.94. The molecule has 4 rings (SSSR count). The molecule has 1 saturated carbocycles. The molecule has 0 radical (unpaired) electrons. The van der Waals surface area contributed by atoms with E-state index in [1.54, 1.807) is 0 Å². The van der Waals surface area contributed by atoms with E-state index in [-0.39, 0.29) is 12.1 Å². The first-order valence-electron chi connectivity index (χ1n) is 9.56. The van der Waals surface area contributed by atoms with Crippen molar-refractivity contribution in [2.45, 2.75) is 56.8 Å². The monoisotopic (exact) mass is 384 g/mol. The lowest BCUT2D eigenvalue weighted by atomic mass is 9.81. The van der Waals surface area contributed by atoms with Gasteiger partial charge in [-0.1, -0.05) is 53.6 Å². The maximum Gasteiger partial charge on any atom is 0.109 e. The number of allylic oxidation sites excluding steroid dienone is 4. The predicted octanol–water partition coefficient (Wildman–Crippen LogP) is 4.60. The number of aliphatic hydroxyl groups excluding tert-OH is 1. The Morgan fingerprint density at radius 2 is 1.89 bits per heavy atom. The van der Waals surface area contributed by atoms with Gasteiger partial charge < -0.3 is 10.2 Å². The molecule has 1 atom stereocenters. The van der Waals surface area contributed by atoms with E-state index in [9.17, 15) is 10.2 Å². The number of hydrogen-bond donors (Lipinski definition) is 2. The third-order valence-corrected chi connectivity index (χ3v) is 5.97. The molecule has 0 amide bonds. The van der Waals surface area contributed by atoms with E-state index in [4.69, 9.17) is 16.7 Å². The largest absolute Gasteiger partial charge is 0.393 e. The number of hydrogen-bond acceptors (Lipinski definition) is 3. The molecule has 27 heavy (non-hydrogen) atoms. The number of halogens is 1. The van der Waals surface area contributed by atoms with E-state index in [0.29, 0.717) is 31.4 Å². The summed E-state index contributed by atoms with van der Waals surface area (Å²) in [4.78, 5) is 0. The summed E-state index contributed by atoms with van der Waals surface area (Å²) in [6.45, 7) is 2.07. The van der Waals surface area contributed by atoms with Crippen LogP contribution in [-0.4, -0.2) is 26.1 Å². The number of aryl methyl sites for hydroxylation is 1. The lowest BCUT2D eigenvalue weighted by molar-refractivity contribution is -0.0395. The molecule has 2 aliphatic rings. The zero-order valence-electron chi connectivity index (χ0n) is 15.5. The second kappa shape index (κ2) is 7.27. The highest BCUT2D eigenvalue weighted by Crippen LogP contribution is 2.39. The van der Waals surface area contributed by atoms with Crippen LogP contribution in [0.1, 0.15) is 49.4 Å².